The Balaban J connectivity index is 2.66. The molecule has 0 radical (unpaired) electrons. The van der Waals surface area contributed by atoms with Crippen molar-refractivity contribution in [1.82, 2.24) is 4.57 Å². The summed E-state index contributed by atoms with van der Waals surface area (Å²) in [6, 6.07) is 5.90. The first kappa shape index (κ1) is 21.5. The lowest BCUT2D eigenvalue weighted by molar-refractivity contribution is -0.144. The number of aliphatic hydroxyl groups excluding tert-OH is 1. The molecule has 1 aromatic carbocycles. The summed E-state index contributed by atoms with van der Waals surface area (Å²) in [7, 11) is 0. The number of pyridine rings is 1. The molecule has 0 saturated carbocycles. The van der Waals surface area contributed by atoms with Crippen LogP contribution in [0.25, 0.3) is 11.3 Å². The Morgan fingerprint density at radius 1 is 1.21 bits per heavy atom. The summed E-state index contributed by atoms with van der Waals surface area (Å²) in [6.45, 7) is 3.90. The number of benzene rings is 1. The molecular formula is C19H21F3N2O4. The van der Waals surface area contributed by atoms with Crippen LogP contribution in [0.3, 0.4) is 0 Å². The standard InChI is InChI=1S/C19H21F3N2O4/c1-10-4-11(2)6-13(5-10)16-7-15(19(20,21)22)17(23)18(27)24(16)8-14(26)9-28-12(3)25/h4-7,14,26H,8-9,23H2,1-3H3. The number of ether oxygens (including phenoxy) is 1. The van der Waals surface area contributed by atoms with Crippen molar-refractivity contribution in [1.29, 1.82) is 0 Å². The largest absolute Gasteiger partial charge is 0.463 e. The number of aromatic nitrogens is 1. The second-order valence-electron chi connectivity index (χ2n) is 6.60. The van der Waals surface area contributed by atoms with Crippen molar-refractivity contribution in [3.63, 3.8) is 0 Å². The van der Waals surface area contributed by atoms with E-state index in [1.54, 1.807) is 26.0 Å². The third-order valence-corrected chi connectivity index (χ3v) is 4.03. The van der Waals surface area contributed by atoms with Crippen LogP contribution in [0.1, 0.15) is 23.6 Å². The minimum absolute atomic E-state index is 0.0415. The van der Waals surface area contributed by atoms with Gasteiger partial charge in [-0.1, -0.05) is 17.2 Å². The summed E-state index contributed by atoms with van der Waals surface area (Å²) in [5.74, 6) is -0.632. The molecule has 0 aliphatic rings. The van der Waals surface area contributed by atoms with E-state index in [-0.39, 0.29) is 5.69 Å². The number of halogens is 3. The smallest absolute Gasteiger partial charge is 0.418 e. The predicted molar refractivity (Wildman–Crippen MR) is 97.7 cm³/mol. The van der Waals surface area contributed by atoms with Crippen molar-refractivity contribution in [3.8, 4) is 11.3 Å². The van der Waals surface area contributed by atoms with Crippen molar-refractivity contribution in [2.45, 2.75) is 39.6 Å². The molecule has 9 heteroatoms. The van der Waals surface area contributed by atoms with E-state index in [4.69, 9.17) is 10.5 Å². The quantitative estimate of drug-likeness (QED) is 0.755. The molecule has 3 N–H and O–H groups in total. The second-order valence-corrected chi connectivity index (χ2v) is 6.60. The SMILES string of the molecule is CC(=O)OCC(O)Cn1c(-c2cc(C)cc(C)c2)cc(C(F)(F)F)c(N)c1=O. The van der Waals surface area contributed by atoms with Gasteiger partial charge < -0.3 is 20.1 Å². The summed E-state index contributed by atoms with van der Waals surface area (Å²) >= 11 is 0. The number of carbonyl (C=O) groups is 1. The molecule has 0 saturated heterocycles. The zero-order valence-electron chi connectivity index (χ0n) is 15.6. The normalized spacial score (nSPS) is 12.7. The third-order valence-electron chi connectivity index (χ3n) is 4.03. The summed E-state index contributed by atoms with van der Waals surface area (Å²) < 4.78 is 45.7. The lowest BCUT2D eigenvalue weighted by atomic mass is 10.0. The van der Waals surface area contributed by atoms with Gasteiger partial charge in [-0.05, 0) is 37.6 Å². The monoisotopic (exact) mass is 398 g/mol. The van der Waals surface area contributed by atoms with Crippen LogP contribution in [0.5, 0.6) is 0 Å². The molecule has 1 unspecified atom stereocenters. The number of esters is 1. The van der Waals surface area contributed by atoms with E-state index < -0.39 is 48.2 Å². The van der Waals surface area contributed by atoms with Crippen molar-refractivity contribution in [3.05, 3.63) is 51.3 Å². The highest BCUT2D eigenvalue weighted by atomic mass is 19.4. The number of aryl methyl sites for hydroxylation is 2. The van der Waals surface area contributed by atoms with Crippen LogP contribution < -0.4 is 11.3 Å². The van der Waals surface area contributed by atoms with Crippen LogP contribution >= 0.6 is 0 Å². The predicted octanol–water partition coefficient (Wildman–Crippen LogP) is 2.66. The van der Waals surface area contributed by atoms with Crippen LogP contribution in [0.4, 0.5) is 18.9 Å². The van der Waals surface area contributed by atoms with Gasteiger partial charge in [0.25, 0.3) is 5.56 Å². The van der Waals surface area contributed by atoms with Crippen LogP contribution in [-0.4, -0.2) is 28.4 Å². The van der Waals surface area contributed by atoms with E-state index in [2.05, 4.69) is 0 Å². The van der Waals surface area contributed by atoms with E-state index in [9.17, 15) is 27.9 Å². The van der Waals surface area contributed by atoms with Gasteiger partial charge in [0, 0.05) is 6.92 Å². The van der Waals surface area contributed by atoms with Gasteiger partial charge in [-0.15, -0.1) is 0 Å². The van der Waals surface area contributed by atoms with E-state index in [1.807, 2.05) is 6.07 Å². The molecule has 2 aromatic rings. The van der Waals surface area contributed by atoms with Crippen molar-refractivity contribution in [2.24, 2.45) is 0 Å². The Bertz CT molecular complexity index is 931. The van der Waals surface area contributed by atoms with E-state index in [0.29, 0.717) is 5.56 Å². The fraction of sp³-hybridized carbons (Fsp3) is 0.368. The molecule has 0 aliphatic heterocycles. The zero-order chi connectivity index (χ0) is 21.2. The number of carbonyl (C=O) groups excluding carboxylic acids is 1. The number of hydrogen-bond donors (Lipinski definition) is 2. The van der Waals surface area contributed by atoms with Gasteiger partial charge in [-0.3, -0.25) is 9.59 Å². The number of aliphatic hydroxyl groups is 1. The Kier molecular flexibility index (Phi) is 6.18. The molecule has 1 aromatic heterocycles. The fourth-order valence-electron chi connectivity index (χ4n) is 2.92. The number of nitrogens with two attached hydrogens (primary N) is 1. The van der Waals surface area contributed by atoms with E-state index >= 15 is 0 Å². The van der Waals surface area contributed by atoms with Crippen molar-refractivity contribution < 1.29 is 27.8 Å². The highest BCUT2D eigenvalue weighted by Gasteiger charge is 2.35. The Labute approximate surface area is 159 Å². The van der Waals surface area contributed by atoms with Crippen molar-refractivity contribution in [2.75, 3.05) is 12.3 Å². The number of nitrogens with zero attached hydrogens (tertiary/aromatic N) is 1. The molecule has 0 fully saturated rings. The molecule has 0 amide bonds. The average Bonchev–Trinajstić information content (AvgIpc) is 2.55. The molecule has 2 rings (SSSR count). The number of alkyl halides is 3. The average molecular weight is 398 g/mol. The van der Waals surface area contributed by atoms with Crippen LogP contribution in [0.15, 0.2) is 29.1 Å². The fourth-order valence-corrected chi connectivity index (χ4v) is 2.92. The Morgan fingerprint density at radius 2 is 1.79 bits per heavy atom. The van der Waals surface area contributed by atoms with Crippen molar-refractivity contribution >= 4 is 11.7 Å². The maximum absolute atomic E-state index is 13.4. The molecule has 0 spiro atoms. The number of nitrogen functional groups attached to an aromatic ring is 1. The molecule has 0 aliphatic carbocycles. The number of hydrogen-bond acceptors (Lipinski definition) is 5. The maximum Gasteiger partial charge on any atom is 0.418 e. The molecule has 28 heavy (non-hydrogen) atoms. The van der Waals surface area contributed by atoms with Gasteiger partial charge in [0.2, 0.25) is 0 Å². The lowest BCUT2D eigenvalue weighted by Gasteiger charge is -2.20. The van der Waals surface area contributed by atoms with Crippen LogP contribution in [-0.2, 0) is 22.3 Å². The summed E-state index contributed by atoms with van der Waals surface area (Å²) in [6.07, 6.45) is -6.12. The third kappa shape index (κ3) is 4.92. The molecule has 152 valence electrons. The van der Waals surface area contributed by atoms with Gasteiger partial charge >= 0.3 is 12.1 Å². The first-order valence-corrected chi connectivity index (χ1v) is 8.40. The number of anilines is 1. The first-order valence-electron chi connectivity index (χ1n) is 8.40. The molecule has 6 nitrogen and oxygen atoms in total. The molecule has 1 heterocycles. The molecule has 0 bridgehead atoms. The molecule has 1 atom stereocenters. The second kappa shape index (κ2) is 8.05. The summed E-state index contributed by atoms with van der Waals surface area (Å²) in [4.78, 5) is 23.5. The topological polar surface area (TPSA) is 94.6 Å². The van der Waals surface area contributed by atoms with E-state index in [1.165, 1.54) is 0 Å². The van der Waals surface area contributed by atoms with Gasteiger partial charge in [0.15, 0.2) is 0 Å². The first-order chi connectivity index (χ1) is 12.9. The lowest BCUT2D eigenvalue weighted by Crippen LogP contribution is -2.33. The van der Waals surface area contributed by atoms with Crippen LogP contribution in [0, 0.1) is 13.8 Å². The minimum Gasteiger partial charge on any atom is -0.463 e. The maximum atomic E-state index is 13.4. The van der Waals surface area contributed by atoms with Gasteiger partial charge in [0.1, 0.15) is 18.4 Å². The Hall–Kier alpha value is -2.81. The van der Waals surface area contributed by atoms with Gasteiger partial charge in [0.05, 0.1) is 17.8 Å². The highest BCUT2D eigenvalue weighted by molar-refractivity contribution is 5.66. The minimum atomic E-state index is -4.81. The zero-order valence-corrected chi connectivity index (χ0v) is 15.6. The Morgan fingerprint density at radius 3 is 2.29 bits per heavy atom. The highest BCUT2D eigenvalue weighted by Crippen LogP contribution is 2.35. The van der Waals surface area contributed by atoms with Gasteiger partial charge in [-0.25, -0.2) is 0 Å². The summed E-state index contributed by atoms with van der Waals surface area (Å²) in [5.41, 5.74) is 4.10. The summed E-state index contributed by atoms with van der Waals surface area (Å²) in [5, 5.41) is 10.1. The molecular weight excluding hydrogens is 377 g/mol. The number of rotatable bonds is 5. The van der Waals surface area contributed by atoms with E-state index in [0.717, 1.165) is 28.7 Å². The van der Waals surface area contributed by atoms with Gasteiger partial charge in [-0.2, -0.15) is 13.2 Å². The van der Waals surface area contributed by atoms with Crippen LogP contribution in [0.2, 0.25) is 0 Å².